The Kier molecular flexibility index (Phi) is 11.2. The summed E-state index contributed by atoms with van der Waals surface area (Å²) in [7, 11) is 1.92. The van der Waals surface area contributed by atoms with E-state index in [4.69, 9.17) is 9.47 Å². The van der Waals surface area contributed by atoms with Gasteiger partial charge in [0.2, 0.25) is 11.8 Å². The van der Waals surface area contributed by atoms with Gasteiger partial charge in [-0.2, -0.15) is 0 Å². The summed E-state index contributed by atoms with van der Waals surface area (Å²) in [6, 6.07) is 6.11. The van der Waals surface area contributed by atoms with Gasteiger partial charge >= 0.3 is 5.97 Å². The molecule has 9 nitrogen and oxygen atoms in total. The van der Waals surface area contributed by atoms with E-state index in [0.717, 1.165) is 24.1 Å². The Bertz CT molecular complexity index is 945. The number of rotatable bonds is 12. The molecule has 38 heavy (non-hydrogen) atoms. The molecule has 0 saturated heterocycles. The number of nitrogens with zero attached hydrogens (tertiary/aromatic N) is 3. The molecule has 2 aliphatic rings. The summed E-state index contributed by atoms with van der Waals surface area (Å²) in [5.74, 6) is 0.540. The van der Waals surface area contributed by atoms with Crippen LogP contribution in [-0.2, 0) is 25.7 Å². The average molecular weight is 531 g/mol. The zero-order chi connectivity index (χ0) is 27.7. The molecule has 1 aliphatic carbocycles. The molecule has 0 unspecified atom stereocenters. The van der Waals surface area contributed by atoms with Crippen molar-refractivity contribution < 1.29 is 23.9 Å². The van der Waals surface area contributed by atoms with E-state index in [-0.39, 0.29) is 36.2 Å². The van der Waals surface area contributed by atoms with E-state index < -0.39 is 0 Å². The number of fused-ring (bicyclic) bond motifs is 1. The van der Waals surface area contributed by atoms with Crippen molar-refractivity contribution >= 4 is 23.5 Å². The van der Waals surface area contributed by atoms with E-state index in [2.05, 4.69) is 5.43 Å². The maximum atomic E-state index is 12.7. The molecule has 0 atom stereocenters. The maximum Gasteiger partial charge on any atom is 0.320 e. The summed E-state index contributed by atoms with van der Waals surface area (Å²) < 4.78 is 11.6. The quantitative estimate of drug-likeness (QED) is 0.321. The van der Waals surface area contributed by atoms with Crippen LogP contribution >= 0.6 is 0 Å². The van der Waals surface area contributed by atoms with Gasteiger partial charge in [-0.15, -0.1) is 0 Å². The number of anilines is 1. The number of hydrazine groups is 1. The summed E-state index contributed by atoms with van der Waals surface area (Å²) in [6.07, 6.45) is 6.94. The van der Waals surface area contributed by atoms with Crippen molar-refractivity contribution in [3.63, 3.8) is 0 Å². The molecule has 1 saturated carbocycles. The van der Waals surface area contributed by atoms with Gasteiger partial charge in [-0.25, -0.2) is 0 Å². The first-order chi connectivity index (χ1) is 18.2. The van der Waals surface area contributed by atoms with Gasteiger partial charge < -0.3 is 14.4 Å². The van der Waals surface area contributed by atoms with Crippen molar-refractivity contribution in [3.8, 4) is 5.75 Å². The molecule has 212 valence electrons. The highest BCUT2D eigenvalue weighted by Gasteiger charge is 2.29. The van der Waals surface area contributed by atoms with E-state index in [1.165, 1.54) is 19.3 Å². The van der Waals surface area contributed by atoms with Gasteiger partial charge in [-0.1, -0.05) is 53.0 Å². The number of carbonyl (C=O) groups excluding carboxylic acids is 3. The molecule has 0 spiro atoms. The van der Waals surface area contributed by atoms with Crippen LogP contribution in [0.3, 0.4) is 0 Å². The van der Waals surface area contributed by atoms with Gasteiger partial charge in [0, 0.05) is 37.5 Å². The van der Waals surface area contributed by atoms with Crippen LogP contribution in [0.15, 0.2) is 18.2 Å². The first-order valence-corrected chi connectivity index (χ1v) is 14.1. The molecule has 1 heterocycles. The van der Waals surface area contributed by atoms with Crippen molar-refractivity contribution in [1.82, 2.24) is 15.2 Å². The summed E-state index contributed by atoms with van der Waals surface area (Å²) in [6.45, 7) is 9.42. The van der Waals surface area contributed by atoms with Gasteiger partial charge in [0.05, 0.1) is 32.1 Å². The average Bonchev–Trinajstić information content (AvgIpc) is 2.90. The topological polar surface area (TPSA) is 91.4 Å². The fraction of sp³-hybridized carbons (Fsp3) is 0.690. The molecule has 0 aromatic heterocycles. The highest BCUT2D eigenvalue weighted by molar-refractivity contribution is 5.80. The van der Waals surface area contributed by atoms with E-state index in [1.807, 2.05) is 62.7 Å². The fourth-order valence-corrected chi connectivity index (χ4v) is 4.86. The molecule has 1 N–H and O–H groups in total. The standard InChI is InChI=1S/C29H46N4O5/c1-21(2)19-38-28(35)18-32-17-24-25(33(20-32)30-29(36)22(3)4)13-9-14-26(24)37-16-10-15-27(34)31(5)23-11-7-6-8-12-23/h9,13-14,21-23H,6-8,10-12,15-20H2,1-5H3,(H,30,36). The number of carbonyl (C=O) groups is 3. The Labute approximate surface area is 227 Å². The fourth-order valence-electron chi connectivity index (χ4n) is 4.86. The molecule has 9 heteroatoms. The summed E-state index contributed by atoms with van der Waals surface area (Å²) in [4.78, 5) is 41.5. The SMILES string of the molecule is CC(C)COC(=O)CN1Cc2c(OCCCC(=O)N(C)C3CCCCC3)cccc2N(NC(=O)C(C)C)C1. The summed E-state index contributed by atoms with van der Waals surface area (Å²) >= 11 is 0. The van der Waals surface area contributed by atoms with Crippen molar-refractivity contribution in [3.05, 3.63) is 23.8 Å². The lowest BCUT2D eigenvalue weighted by Crippen LogP contribution is -2.53. The lowest BCUT2D eigenvalue weighted by atomic mass is 9.94. The Morgan fingerprint density at radius 3 is 2.53 bits per heavy atom. The van der Waals surface area contributed by atoms with Crippen molar-refractivity contribution in [2.24, 2.45) is 11.8 Å². The molecule has 3 rings (SSSR count). The van der Waals surface area contributed by atoms with Crippen molar-refractivity contribution in [2.75, 3.05) is 38.5 Å². The van der Waals surface area contributed by atoms with Crippen LogP contribution < -0.4 is 15.2 Å². The molecule has 2 amide bonds. The first-order valence-electron chi connectivity index (χ1n) is 14.1. The zero-order valence-corrected chi connectivity index (χ0v) is 23.8. The van der Waals surface area contributed by atoms with Crippen LogP contribution in [0.5, 0.6) is 5.75 Å². The summed E-state index contributed by atoms with van der Waals surface area (Å²) in [5, 5.41) is 1.77. The molecular weight excluding hydrogens is 484 g/mol. The number of benzene rings is 1. The second kappa shape index (κ2) is 14.4. The van der Waals surface area contributed by atoms with Crippen LogP contribution in [0.2, 0.25) is 0 Å². The number of hydrogen-bond donors (Lipinski definition) is 1. The van der Waals surface area contributed by atoms with Crippen molar-refractivity contribution in [1.29, 1.82) is 0 Å². The minimum atomic E-state index is -0.295. The molecule has 1 fully saturated rings. The summed E-state index contributed by atoms with van der Waals surface area (Å²) in [5.41, 5.74) is 4.71. The number of amides is 2. The number of nitrogens with one attached hydrogen (secondary N) is 1. The van der Waals surface area contributed by atoms with Crippen LogP contribution in [-0.4, -0.2) is 67.1 Å². The molecular formula is C29H46N4O5. The van der Waals surface area contributed by atoms with Crippen LogP contribution in [0.4, 0.5) is 5.69 Å². The number of hydrogen-bond acceptors (Lipinski definition) is 7. The second-order valence-corrected chi connectivity index (χ2v) is 11.3. The monoisotopic (exact) mass is 530 g/mol. The lowest BCUT2D eigenvalue weighted by Gasteiger charge is -2.38. The Hall–Kier alpha value is -2.81. The molecule has 1 aromatic rings. The first kappa shape index (κ1) is 29.7. The van der Waals surface area contributed by atoms with Gasteiger partial charge in [-0.05, 0) is 37.3 Å². The van der Waals surface area contributed by atoms with Crippen molar-refractivity contribution in [2.45, 2.75) is 85.2 Å². The predicted octanol–water partition coefficient (Wildman–Crippen LogP) is 4.10. The molecule has 0 radical (unpaired) electrons. The third-order valence-corrected chi connectivity index (χ3v) is 7.13. The largest absolute Gasteiger partial charge is 0.493 e. The third-order valence-electron chi connectivity index (χ3n) is 7.13. The highest BCUT2D eigenvalue weighted by Crippen LogP contribution is 2.34. The van der Waals surface area contributed by atoms with Gasteiger partial charge in [0.15, 0.2) is 0 Å². The Morgan fingerprint density at radius 1 is 1.11 bits per heavy atom. The minimum absolute atomic E-state index is 0.105. The molecule has 1 aliphatic heterocycles. The zero-order valence-electron chi connectivity index (χ0n) is 23.8. The lowest BCUT2D eigenvalue weighted by molar-refractivity contribution is -0.146. The van der Waals surface area contributed by atoms with Crippen LogP contribution in [0.25, 0.3) is 0 Å². The molecule has 1 aromatic carbocycles. The number of esters is 1. The van der Waals surface area contributed by atoms with E-state index >= 15 is 0 Å². The number of ether oxygens (including phenoxy) is 2. The maximum absolute atomic E-state index is 12.7. The van der Waals surface area contributed by atoms with Gasteiger partial charge in [-0.3, -0.25) is 29.7 Å². The van der Waals surface area contributed by atoms with Crippen LogP contribution in [0, 0.1) is 11.8 Å². The normalized spacial score (nSPS) is 16.3. The van der Waals surface area contributed by atoms with Gasteiger partial charge in [0.25, 0.3) is 0 Å². The Morgan fingerprint density at radius 2 is 1.84 bits per heavy atom. The van der Waals surface area contributed by atoms with E-state index in [9.17, 15) is 14.4 Å². The smallest absolute Gasteiger partial charge is 0.320 e. The van der Waals surface area contributed by atoms with E-state index in [1.54, 1.807) is 5.01 Å². The third kappa shape index (κ3) is 8.61. The van der Waals surface area contributed by atoms with E-state index in [0.29, 0.717) is 51.1 Å². The van der Waals surface area contributed by atoms with Crippen LogP contribution in [0.1, 0.15) is 78.2 Å². The second-order valence-electron chi connectivity index (χ2n) is 11.3. The molecule has 0 bridgehead atoms. The Balaban J connectivity index is 1.64. The minimum Gasteiger partial charge on any atom is -0.493 e. The van der Waals surface area contributed by atoms with Gasteiger partial charge in [0.1, 0.15) is 5.75 Å². The highest BCUT2D eigenvalue weighted by atomic mass is 16.5. The predicted molar refractivity (Wildman–Crippen MR) is 147 cm³/mol.